The molecule has 282 valence electrons. The molecule has 25 heteroatoms. The number of rotatable bonds is 9. The number of nitrogens with zero attached hydrogens (tertiary/aromatic N) is 3. The van der Waals surface area contributed by atoms with Crippen LogP contribution in [-0.4, -0.2) is 62.9 Å². The summed E-state index contributed by atoms with van der Waals surface area (Å²) in [6.07, 6.45) is -17.2. The van der Waals surface area contributed by atoms with E-state index in [1.54, 1.807) is 0 Å². The number of sulfonamides is 1. The lowest BCUT2D eigenvalue weighted by Gasteiger charge is -2.36. The van der Waals surface area contributed by atoms with Crippen LogP contribution in [0.15, 0.2) is 70.0 Å². The van der Waals surface area contributed by atoms with Crippen molar-refractivity contribution in [2.24, 2.45) is 0 Å². The number of hydrogen-bond donors (Lipinski definition) is 4. The molecule has 0 radical (unpaired) electrons. The predicted molar refractivity (Wildman–Crippen MR) is 164 cm³/mol. The van der Waals surface area contributed by atoms with Gasteiger partial charge >= 0.3 is 24.7 Å². The molecule has 13 nitrogen and oxygen atoms in total. The van der Waals surface area contributed by atoms with Crippen molar-refractivity contribution >= 4 is 65.5 Å². The van der Waals surface area contributed by atoms with E-state index in [4.69, 9.17) is 0 Å². The van der Waals surface area contributed by atoms with E-state index in [2.05, 4.69) is 35.5 Å². The number of nitrogens with one attached hydrogen (secondary N) is 2. The minimum atomic E-state index is -5.90. The standard InChI is InChI=1S/C27H19BrF9N5O8S2/c28-15-4-8-21(20(11-15)49-27(35,36)37)51(45,46)42(50-24(44)26(32,33)34)19(23-38-17-7-3-14(25(29,30)31)10-18(17)39-23)9-13-1-5-16(6-2-13)41-12-22(43)40-52(41,47)48/h1-8,10-11,19,47-48H,9,12H2,(H,38,39)(H,40,43). The third kappa shape index (κ3) is 8.49. The molecule has 2 heterocycles. The van der Waals surface area contributed by atoms with Crippen LogP contribution in [-0.2, 0) is 37.0 Å². The van der Waals surface area contributed by atoms with Gasteiger partial charge in [0.15, 0.2) is 5.75 Å². The lowest BCUT2D eigenvalue weighted by Crippen LogP contribution is -2.42. The molecule has 52 heavy (non-hydrogen) atoms. The Morgan fingerprint density at radius 1 is 1.00 bits per heavy atom. The van der Waals surface area contributed by atoms with Crippen LogP contribution >= 0.6 is 26.9 Å². The van der Waals surface area contributed by atoms with E-state index >= 15 is 0 Å². The van der Waals surface area contributed by atoms with E-state index < -0.39 is 103 Å². The Kier molecular flexibility index (Phi) is 10.2. The van der Waals surface area contributed by atoms with Crippen molar-refractivity contribution in [1.82, 2.24) is 19.2 Å². The number of alkyl halides is 9. The van der Waals surface area contributed by atoms with Gasteiger partial charge in [-0.25, -0.2) is 27.2 Å². The molecule has 1 fully saturated rings. The first-order chi connectivity index (χ1) is 23.8. The quantitative estimate of drug-likeness (QED) is 0.104. The second-order valence-corrected chi connectivity index (χ2v) is 14.9. The van der Waals surface area contributed by atoms with Gasteiger partial charge in [0.05, 0.1) is 22.3 Å². The largest absolute Gasteiger partial charge is 0.573 e. The fourth-order valence-corrected chi connectivity index (χ4v) is 7.76. The lowest BCUT2D eigenvalue weighted by molar-refractivity contribution is -0.275. The van der Waals surface area contributed by atoms with E-state index in [-0.39, 0.29) is 21.2 Å². The molecule has 5 rings (SSSR count). The summed E-state index contributed by atoms with van der Waals surface area (Å²) in [4.78, 5) is 33.2. The molecule has 1 saturated heterocycles. The number of hydrogen-bond acceptors (Lipinski definition) is 10. The molecule has 1 amide bonds. The first-order valence-corrected chi connectivity index (χ1v) is 17.5. The first kappa shape index (κ1) is 38.9. The number of carbonyl (C=O) groups excluding carboxylic acids is 2. The fraction of sp³-hybridized carbons (Fsp3) is 0.222. The molecule has 0 bridgehead atoms. The van der Waals surface area contributed by atoms with Crippen LogP contribution in [0.2, 0.25) is 0 Å². The van der Waals surface area contributed by atoms with Crippen LogP contribution in [0.25, 0.3) is 11.0 Å². The maximum absolute atomic E-state index is 14.1. The average molecular weight is 856 g/mol. The Morgan fingerprint density at radius 3 is 2.21 bits per heavy atom. The number of carbonyl (C=O) groups is 2. The molecule has 1 aliphatic heterocycles. The number of ether oxygens (including phenoxy) is 1. The minimum absolute atomic E-state index is 0.00107. The molecule has 0 saturated carbocycles. The Labute approximate surface area is 295 Å². The van der Waals surface area contributed by atoms with Gasteiger partial charge in [0.25, 0.3) is 15.9 Å². The van der Waals surface area contributed by atoms with Crippen LogP contribution < -0.4 is 13.8 Å². The molecule has 1 aromatic heterocycles. The third-order valence-corrected chi connectivity index (χ3v) is 10.6. The van der Waals surface area contributed by atoms with Crippen LogP contribution in [0.3, 0.4) is 0 Å². The minimum Gasteiger partial charge on any atom is -0.404 e. The molecule has 1 aliphatic rings. The van der Waals surface area contributed by atoms with Gasteiger partial charge in [-0.15, -0.1) is 13.2 Å². The number of aromatic nitrogens is 2. The Balaban J connectivity index is 1.69. The highest BCUT2D eigenvalue weighted by molar-refractivity contribution is 9.10. The van der Waals surface area contributed by atoms with E-state index in [0.29, 0.717) is 24.3 Å². The number of amides is 1. The topological polar surface area (TPSA) is 174 Å². The SMILES string of the molecule is O=C1CN(c2ccc(CC(c3nc4ccc(C(F)(F)F)cc4[nH]3)N(OC(=O)C(F)(F)F)S(=O)(=O)c3ccc(Br)cc3OC(F)(F)F)cc2)S(O)(O)N1. The molecule has 3 aromatic carbocycles. The van der Waals surface area contributed by atoms with Crippen molar-refractivity contribution in [3.05, 3.63) is 82.1 Å². The number of halogens is 10. The van der Waals surface area contributed by atoms with Crippen LogP contribution in [0.4, 0.5) is 45.2 Å². The van der Waals surface area contributed by atoms with Crippen molar-refractivity contribution in [3.8, 4) is 5.75 Å². The summed E-state index contributed by atoms with van der Waals surface area (Å²) in [6, 6.07) is 6.15. The molecule has 0 spiro atoms. The number of aromatic amines is 1. The Hall–Kier alpha value is -4.30. The Morgan fingerprint density at radius 2 is 1.65 bits per heavy atom. The zero-order chi connectivity index (χ0) is 38.6. The smallest absolute Gasteiger partial charge is 0.404 e. The average Bonchev–Trinajstić information content (AvgIpc) is 3.55. The van der Waals surface area contributed by atoms with Crippen LogP contribution in [0.5, 0.6) is 5.75 Å². The van der Waals surface area contributed by atoms with E-state index in [1.165, 1.54) is 12.1 Å². The van der Waals surface area contributed by atoms with E-state index in [1.807, 2.05) is 4.72 Å². The van der Waals surface area contributed by atoms with Gasteiger partial charge in [-0.2, -0.15) is 26.3 Å². The summed E-state index contributed by atoms with van der Waals surface area (Å²) < 4.78 is 175. The highest BCUT2D eigenvalue weighted by Crippen LogP contribution is 2.46. The number of anilines is 1. The van der Waals surface area contributed by atoms with Crippen molar-refractivity contribution in [3.63, 3.8) is 0 Å². The van der Waals surface area contributed by atoms with Crippen molar-refractivity contribution in [2.75, 3.05) is 10.8 Å². The summed E-state index contributed by atoms with van der Waals surface area (Å²) in [5.74, 6) is -6.16. The van der Waals surface area contributed by atoms with E-state index in [9.17, 15) is 66.6 Å². The number of hydroxylamine groups is 1. The van der Waals surface area contributed by atoms with Crippen molar-refractivity contribution in [1.29, 1.82) is 0 Å². The lowest BCUT2D eigenvalue weighted by atomic mass is 10.1. The number of fused-ring (bicyclic) bond motifs is 1. The summed E-state index contributed by atoms with van der Waals surface area (Å²) >= 11 is 2.82. The molecule has 1 atom stereocenters. The summed E-state index contributed by atoms with van der Waals surface area (Å²) in [7, 11) is -9.68. The van der Waals surface area contributed by atoms with Crippen LogP contribution in [0, 0.1) is 0 Å². The van der Waals surface area contributed by atoms with Gasteiger partial charge in [0.2, 0.25) is 0 Å². The highest BCUT2D eigenvalue weighted by Gasteiger charge is 2.48. The second kappa shape index (κ2) is 13.6. The Bertz CT molecular complexity index is 2130. The van der Waals surface area contributed by atoms with Gasteiger partial charge in [-0.05, 0) is 75.9 Å². The van der Waals surface area contributed by atoms with Gasteiger partial charge in [0, 0.05) is 4.47 Å². The molecule has 1 unspecified atom stereocenters. The number of H-pyrrole nitrogens is 1. The first-order valence-electron chi connectivity index (χ1n) is 13.8. The van der Waals surface area contributed by atoms with Crippen LogP contribution in [0.1, 0.15) is 23.0 Å². The zero-order valence-electron chi connectivity index (χ0n) is 25.0. The maximum Gasteiger partial charge on any atom is 0.573 e. The molecule has 4 N–H and O–H groups in total. The zero-order valence-corrected chi connectivity index (χ0v) is 28.3. The molecular weight excluding hydrogens is 837 g/mol. The monoisotopic (exact) mass is 855 g/mol. The number of imidazole rings is 1. The van der Waals surface area contributed by atoms with Gasteiger partial charge in [-0.1, -0.05) is 28.1 Å². The summed E-state index contributed by atoms with van der Waals surface area (Å²) in [5, 5.41) is 0. The third-order valence-electron chi connectivity index (χ3n) is 6.95. The summed E-state index contributed by atoms with van der Waals surface area (Å²) in [5.41, 5.74) is -1.99. The molecule has 4 aromatic rings. The molecular formula is C27H19BrF9N5O8S2. The maximum atomic E-state index is 14.1. The predicted octanol–water partition coefficient (Wildman–Crippen LogP) is 6.75. The number of benzene rings is 3. The fourth-order valence-electron chi connectivity index (χ4n) is 4.76. The van der Waals surface area contributed by atoms with Gasteiger partial charge in [0.1, 0.15) is 23.3 Å². The molecule has 0 aliphatic carbocycles. The van der Waals surface area contributed by atoms with Crippen molar-refractivity contribution in [2.45, 2.75) is 36.1 Å². The van der Waals surface area contributed by atoms with Crippen molar-refractivity contribution < 1.29 is 76.2 Å². The summed E-state index contributed by atoms with van der Waals surface area (Å²) in [6.45, 7) is -0.516. The van der Waals surface area contributed by atoms with Gasteiger partial charge in [-0.3, -0.25) is 13.9 Å². The van der Waals surface area contributed by atoms with E-state index in [0.717, 1.165) is 28.6 Å². The normalized spacial score (nSPS) is 16.6. The highest BCUT2D eigenvalue weighted by atomic mass is 79.9. The van der Waals surface area contributed by atoms with Gasteiger partial charge < -0.3 is 14.6 Å². The second-order valence-electron chi connectivity index (χ2n) is 10.6.